The first kappa shape index (κ1) is 21.0. The molecule has 27 heavy (non-hydrogen) atoms. The molecule has 0 aliphatic carbocycles. The molecule has 0 atom stereocenters. The Morgan fingerprint density at radius 3 is 2.19 bits per heavy atom. The number of carbonyl (C=O) groups is 1. The van der Waals surface area contributed by atoms with Gasteiger partial charge >= 0.3 is 0 Å². The fourth-order valence-electron chi connectivity index (χ4n) is 3.17. The van der Waals surface area contributed by atoms with Gasteiger partial charge in [0.25, 0.3) is 0 Å². The molecule has 1 N–H and O–H groups in total. The number of anilines is 1. The number of amides is 1. The Morgan fingerprint density at radius 1 is 1.07 bits per heavy atom. The first-order chi connectivity index (χ1) is 12.8. The predicted octanol–water partition coefficient (Wildman–Crippen LogP) is 5.76. The van der Waals surface area contributed by atoms with Crippen molar-refractivity contribution in [1.82, 2.24) is 0 Å². The van der Waals surface area contributed by atoms with E-state index in [-0.39, 0.29) is 11.3 Å². The Balaban J connectivity index is 2.16. The summed E-state index contributed by atoms with van der Waals surface area (Å²) in [6.45, 7) is 11.0. The molecule has 0 heterocycles. The van der Waals surface area contributed by atoms with Crippen LogP contribution in [0.3, 0.4) is 0 Å². The lowest BCUT2D eigenvalue weighted by atomic mass is 9.85. The number of hydrogen-bond donors (Lipinski definition) is 1. The van der Waals surface area contributed by atoms with Gasteiger partial charge in [-0.25, -0.2) is 0 Å². The third kappa shape index (κ3) is 5.57. The van der Waals surface area contributed by atoms with Crippen molar-refractivity contribution < 1.29 is 14.3 Å². The van der Waals surface area contributed by atoms with Gasteiger partial charge in [-0.3, -0.25) is 4.79 Å². The summed E-state index contributed by atoms with van der Waals surface area (Å²) in [7, 11) is 1.72. The molecule has 0 bridgehead atoms. The van der Waals surface area contributed by atoms with Crippen molar-refractivity contribution >= 4 is 11.6 Å². The summed E-state index contributed by atoms with van der Waals surface area (Å²) >= 11 is 0. The van der Waals surface area contributed by atoms with Gasteiger partial charge in [-0.1, -0.05) is 32.9 Å². The molecule has 0 spiro atoms. The third-order valence-electron chi connectivity index (χ3n) is 4.58. The van der Waals surface area contributed by atoms with Crippen molar-refractivity contribution in [3.63, 3.8) is 0 Å². The van der Waals surface area contributed by atoms with Gasteiger partial charge in [0.2, 0.25) is 5.91 Å². The molecule has 0 saturated carbocycles. The van der Waals surface area contributed by atoms with Gasteiger partial charge in [-0.15, -0.1) is 0 Å². The van der Waals surface area contributed by atoms with Crippen LogP contribution < -0.4 is 10.1 Å². The van der Waals surface area contributed by atoms with Crippen LogP contribution >= 0.6 is 0 Å². The van der Waals surface area contributed by atoms with E-state index in [1.807, 2.05) is 45.0 Å². The highest BCUT2D eigenvalue weighted by molar-refractivity contribution is 5.91. The Bertz CT molecular complexity index is 756. The quantitative estimate of drug-likeness (QED) is 0.643. The highest BCUT2D eigenvalue weighted by Gasteiger charge is 2.20. The van der Waals surface area contributed by atoms with E-state index < -0.39 is 0 Å². The zero-order valence-electron chi connectivity index (χ0n) is 17.3. The van der Waals surface area contributed by atoms with Crippen LogP contribution in [0.15, 0.2) is 36.4 Å². The number of hydrogen-bond acceptors (Lipinski definition) is 3. The van der Waals surface area contributed by atoms with Crippen LogP contribution in [-0.2, 0) is 14.9 Å². The summed E-state index contributed by atoms with van der Waals surface area (Å²) in [5.74, 6) is 1.66. The minimum absolute atomic E-state index is 0.0410. The highest BCUT2D eigenvalue weighted by Crippen LogP contribution is 2.33. The van der Waals surface area contributed by atoms with Crippen molar-refractivity contribution in [2.75, 3.05) is 19.0 Å². The zero-order valence-corrected chi connectivity index (χ0v) is 17.3. The smallest absolute Gasteiger partial charge is 0.224 e. The molecule has 0 saturated heterocycles. The molecule has 146 valence electrons. The second-order valence-corrected chi connectivity index (χ2v) is 7.68. The van der Waals surface area contributed by atoms with Gasteiger partial charge < -0.3 is 14.8 Å². The van der Waals surface area contributed by atoms with E-state index in [9.17, 15) is 4.79 Å². The zero-order chi connectivity index (χ0) is 20.0. The van der Waals surface area contributed by atoms with Crippen LogP contribution in [-0.4, -0.2) is 19.6 Å². The summed E-state index contributed by atoms with van der Waals surface area (Å²) in [4.78, 5) is 11.8. The number of rotatable bonds is 8. The number of aryl methyl sites for hydroxylation is 2. The lowest BCUT2D eigenvalue weighted by Gasteiger charge is -2.24. The first-order valence-electron chi connectivity index (χ1n) is 9.45. The van der Waals surface area contributed by atoms with Gasteiger partial charge in [0.05, 0.1) is 6.61 Å². The highest BCUT2D eigenvalue weighted by atomic mass is 16.5. The summed E-state index contributed by atoms with van der Waals surface area (Å²) in [6.07, 6.45) is 1.37. The van der Waals surface area contributed by atoms with Gasteiger partial charge in [-0.2, -0.15) is 0 Å². The molecular weight excluding hydrogens is 338 g/mol. The van der Waals surface area contributed by atoms with Gasteiger partial charge in [-0.05, 0) is 61.2 Å². The number of methoxy groups -OCH3 is 1. The maximum atomic E-state index is 11.8. The molecule has 2 aromatic rings. The first-order valence-corrected chi connectivity index (χ1v) is 9.45. The van der Waals surface area contributed by atoms with Gasteiger partial charge in [0.15, 0.2) is 0 Å². The normalized spacial score (nSPS) is 11.3. The molecule has 0 radical (unpaired) electrons. The molecular formula is C23H31NO3. The van der Waals surface area contributed by atoms with Crippen molar-refractivity contribution in [3.8, 4) is 11.5 Å². The SMILES string of the molecule is CCCC(=O)Nc1cc(C)c(Oc2ccc(C(C)(C)COC)cc2)c(C)c1. The average molecular weight is 370 g/mol. The number of carbonyl (C=O) groups excluding carboxylic acids is 1. The molecule has 4 heteroatoms. The van der Waals surface area contributed by atoms with E-state index in [0.29, 0.717) is 13.0 Å². The standard InChI is InChI=1S/C23H31NO3/c1-7-8-21(25)24-19-13-16(2)22(17(3)14-19)27-20-11-9-18(10-12-20)23(4,5)15-26-6/h9-14H,7-8,15H2,1-6H3,(H,24,25). The molecule has 2 aromatic carbocycles. The number of ether oxygens (including phenoxy) is 2. The van der Waals surface area contributed by atoms with E-state index in [1.165, 1.54) is 5.56 Å². The fraction of sp³-hybridized carbons (Fsp3) is 0.435. The van der Waals surface area contributed by atoms with Crippen LogP contribution in [0, 0.1) is 13.8 Å². The Kier molecular flexibility index (Phi) is 7.03. The molecule has 0 fully saturated rings. The van der Waals surface area contributed by atoms with E-state index >= 15 is 0 Å². The largest absolute Gasteiger partial charge is 0.457 e. The van der Waals surface area contributed by atoms with Crippen LogP contribution in [0.4, 0.5) is 5.69 Å². The molecule has 1 amide bonds. The van der Waals surface area contributed by atoms with Crippen LogP contribution in [0.1, 0.15) is 50.3 Å². The van der Waals surface area contributed by atoms with Crippen LogP contribution in [0.2, 0.25) is 0 Å². The Hall–Kier alpha value is -2.33. The molecule has 4 nitrogen and oxygen atoms in total. The topological polar surface area (TPSA) is 47.6 Å². The maximum absolute atomic E-state index is 11.8. The van der Waals surface area contributed by atoms with Crippen LogP contribution in [0.5, 0.6) is 11.5 Å². The Labute approximate surface area is 162 Å². The molecule has 0 unspecified atom stereocenters. The lowest BCUT2D eigenvalue weighted by molar-refractivity contribution is -0.116. The predicted molar refractivity (Wildman–Crippen MR) is 111 cm³/mol. The summed E-state index contributed by atoms with van der Waals surface area (Å²) in [6, 6.07) is 12.0. The molecule has 0 aliphatic heterocycles. The van der Waals surface area contributed by atoms with Crippen molar-refractivity contribution in [1.29, 1.82) is 0 Å². The van der Waals surface area contributed by atoms with Gasteiger partial charge in [0.1, 0.15) is 11.5 Å². The Morgan fingerprint density at radius 2 is 1.67 bits per heavy atom. The van der Waals surface area contributed by atoms with E-state index in [1.54, 1.807) is 7.11 Å². The molecule has 2 rings (SSSR count). The van der Waals surface area contributed by atoms with Crippen molar-refractivity contribution in [2.24, 2.45) is 0 Å². The minimum atomic E-state index is -0.0442. The summed E-state index contributed by atoms with van der Waals surface area (Å²) in [5.41, 5.74) is 3.96. The molecule has 0 aromatic heterocycles. The van der Waals surface area contributed by atoms with Gasteiger partial charge in [0, 0.05) is 24.6 Å². The van der Waals surface area contributed by atoms with Crippen molar-refractivity contribution in [2.45, 2.75) is 52.9 Å². The van der Waals surface area contributed by atoms with E-state index in [0.717, 1.165) is 34.7 Å². The van der Waals surface area contributed by atoms with E-state index in [4.69, 9.17) is 9.47 Å². The minimum Gasteiger partial charge on any atom is -0.457 e. The van der Waals surface area contributed by atoms with E-state index in [2.05, 4.69) is 31.3 Å². The summed E-state index contributed by atoms with van der Waals surface area (Å²) in [5, 5.41) is 2.95. The number of nitrogens with one attached hydrogen (secondary N) is 1. The molecule has 0 aliphatic rings. The second-order valence-electron chi connectivity index (χ2n) is 7.68. The average Bonchev–Trinajstić information content (AvgIpc) is 2.59. The second kappa shape index (κ2) is 9.05. The van der Waals surface area contributed by atoms with Crippen LogP contribution in [0.25, 0.3) is 0 Å². The monoisotopic (exact) mass is 369 g/mol. The summed E-state index contributed by atoms with van der Waals surface area (Å²) < 4.78 is 11.4. The maximum Gasteiger partial charge on any atom is 0.224 e. The fourth-order valence-corrected chi connectivity index (χ4v) is 3.17. The third-order valence-corrected chi connectivity index (χ3v) is 4.58. The van der Waals surface area contributed by atoms with Crippen molar-refractivity contribution in [3.05, 3.63) is 53.1 Å². The lowest BCUT2D eigenvalue weighted by Crippen LogP contribution is -2.23. The number of benzene rings is 2.